The molecule has 0 amide bonds. The smallest absolute Gasteiger partial charge is 0.273 e. The molecule has 0 aliphatic heterocycles. The van der Waals surface area contributed by atoms with E-state index in [1.807, 2.05) is 0 Å². The minimum absolute atomic E-state index is 0.0986. The van der Waals surface area contributed by atoms with Crippen molar-refractivity contribution in [2.45, 2.75) is 0 Å². The molecule has 1 aromatic heterocycles. The molecule has 0 radical (unpaired) electrons. The molecule has 0 unspecified atom stereocenters. The van der Waals surface area contributed by atoms with Gasteiger partial charge in [0.2, 0.25) is 5.88 Å². The summed E-state index contributed by atoms with van der Waals surface area (Å²) in [5.41, 5.74) is -0.459. The van der Waals surface area contributed by atoms with Gasteiger partial charge in [-0.3, -0.25) is 14.9 Å². The second-order valence-corrected chi connectivity index (χ2v) is 4.62. The van der Waals surface area contributed by atoms with E-state index in [2.05, 4.69) is 9.97 Å². The van der Waals surface area contributed by atoms with E-state index in [-0.39, 0.29) is 32.2 Å². The predicted molar refractivity (Wildman–Crippen MR) is 77.3 cm³/mol. The number of methoxy groups -OCH3 is 1. The molecule has 2 aromatic rings. The average molecular weight is 389 g/mol. The first-order chi connectivity index (χ1) is 9.52. The molecule has 8 nitrogen and oxygen atoms in total. The van der Waals surface area contributed by atoms with Crippen molar-refractivity contribution in [3.63, 3.8) is 0 Å². The number of halogens is 1. The molecule has 2 rings (SSSR count). The first kappa shape index (κ1) is 14.2. The van der Waals surface area contributed by atoms with Crippen LogP contribution in [-0.4, -0.2) is 22.0 Å². The number of ether oxygens (including phenoxy) is 2. The quantitative estimate of drug-likeness (QED) is 0.488. The average Bonchev–Trinajstić information content (AvgIpc) is 2.44. The van der Waals surface area contributed by atoms with Crippen LogP contribution in [0.25, 0.3) is 0 Å². The minimum atomic E-state index is -0.540. The zero-order valence-corrected chi connectivity index (χ0v) is 12.3. The summed E-state index contributed by atoms with van der Waals surface area (Å²) in [6, 6.07) is 3.89. The van der Waals surface area contributed by atoms with Gasteiger partial charge in [-0.25, -0.2) is 4.98 Å². The number of non-ortho nitro benzene ring substituents is 1. The van der Waals surface area contributed by atoms with E-state index in [0.717, 1.165) is 0 Å². The Morgan fingerprint density at radius 3 is 2.80 bits per heavy atom. The molecular weight excluding hydrogens is 381 g/mol. The van der Waals surface area contributed by atoms with Crippen molar-refractivity contribution in [2.24, 2.45) is 0 Å². The highest BCUT2D eigenvalue weighted by molar-refractivity contribution is 14.1. The van der Waals surface area contributed by atoms with Gasteiger partial charge >= 0.3 is 0 Å². The van der Waals surface area contributed by atoms with Gasteiger partial charge < -0.3 is 14.5 Å². The zero-order valence-electron chi connectivity index (χ0n) is 10.1. The van der Waals surface area contributed by atoms with Crippen molar-refractivity contribution in [1.29, 1.82) is 0 Å². The molecule has 0 fully saturated rings. The summed E-state index contributed by atoms with van der Waals surface area (Å²) in [5.74, 6) is 0.507. The number of H-pyrrole nitrogens is 1. The number of rotatable bonds is 4. The number of nitrogens with one attached hydrogen (secondary N) is 1. The van der Waals surface area contributed by atoms with Gasteiger partial charge in [-0.15, -0.1) is 0 Å². The van der Waals surface area contributed by atoms with Gasteiger partial charge in [0.05, 0.1) is 24.4 Å². The Morgan fingerprint density at radius 1 is 1.40 bits per heavy atom. The number of hydrogen-bond donors (Lipinski definition) is 1. The Labute approximate surface area is 126 Å². The van der Waals surface area contributed by atoms with Gasteiger partial charge in [0.1, 0.15) is 3.57 Å². The summed E-state index contributed by atoms with van der Waals surface area (Å²) in [6.07, 6.45) is 1.21. The van der Waals surface area contributed by atoms with Gasteiger partial charge in [-0.05, 0) is 28.7 Å². The van der Waals surface area contributed by atoms with E-state index in [4.69, 9.17) is 9.47 Å². The normalized spacial score (nSPS) is 10.1. The molecule has 0 saturated heterocycles. The van der Waals surface area contributed by atoms with Crippen LogP contribution in [-0.2, 0) is 0 Å². The lowest BCUT2D eigenvalue weighted by Gasteiger charge is -2.09. The molecule has 20 heavy (non-hydrogen) atoms. The highest BCUT2D eigenvalue weighted by atomic mass is 127. The molecular formula is C11H8IN3O5. The lowest BCUT2D eigenvalue weighted by atomic mass is 10.3. The standard InChI is InChI=1S/C11H8IN3O5/c1-19-8-4-6(15(17)18)2-3-7(8)20-11-9(12)10(16)13-5-14-11/h2-5H,1H3,(H,13,14,16). The molecule has 0 saturated carbocycles. The number of nitro groups is 1. The maximum Gasteiger partial charge on any atom is 0.273 e. The summed E-state index contributed by atoms with van der Waals surface area (Å²) >= 11 is 1.79. The van der Waals surface area contributed by atoms with E-state index < -0.39 is 4.92 Å². The number of aromatic nitrogens is 2. The van der Waals surface area contributed by atoms with Crippen LogP contribution in [0.1, 0.15) is 0 Å². The fourth-order valence-corrected chi connectivity index (χ4v) is 1.80. The molecule has 9 heteroatoms. The van der Waals surface area contributed by atoms with Gasteiger partial charge in [-0.2, -0.15) is 0 Å². The third-order valence-corrected chi connectivity index (χ3v) is 3.28. The number of aromatic amines is 1. The van der Waals surface area contributed by atoms with Crippen molar-refractivity contribution in [2.75, 3.05) is 7.11 Å². The van der Waals surface area contributed by atoms with E-state index in [0.29, 0.717) is 0 Å². The van der Waals surface area contributed by atoms with E-state index in [1.54, 1.807) is 22.6 Å². The van der Waals surface area contributed by atoms with Crippen molar-refractivity contribution < 1.29 is 14.4 Å². The van der Waals surface area contributed by atoms with Crippen LogP contribution in [0.4, 0.5) is 5.69 Å². The molecule has 0 atom stereocenters. The number of nitro benzene ring substituents is 1. The molecule has 0 aliphatic rings. The van der Waals surface area contributed by atoms with Gasteiger partial charge in [0, 0.05) is 6.07 Å². The molecule has 0 aliphatic carbocycles. The van der Waals surface area contributed by atoms with Crippen molar-refractivity contribution in [3.05, 3.63) is 48.6 Å². The highest BCUT2D eigenvalue weighted by Gasteiger charge is 2.15. The van der Waals surface area contributed by atoms with Crippen LogP contribution in [0.3, 0.4) is 0 Å². The van der Waals surface area contributed by atoms with Crippen molar-refractivity contribution in [3.8, 4) is 17.4 Å². The zero-order chi connectivity index (χ0) is 14.7. The summed E-state index contributed by atoms with van der Waals surface area (Å²) in [6.45, 7) is 0. The van der Waals surface area contributed by atoms with Crippen LogP contribution in [0.15, 0.2) is 29.3 Å². The largest absolute Gasteiger partial charge is 0.493 e. The Balaban J connectivity index is 2.41. The molecule has 0 spiro atoms. The molecule has 1 aromatic carbocycles. The summed E-state index contributed by atoms with van der Waals surface area (Å²) in [4.78, 5) is 27.9. The van der Waals surface area contributed by atoms with E-state index in [9.17, 15) is 14.9 Å². The molecule has 1 N–H and O–H groups in total. The monoisotopic (exact) mass is 389 g/mol. The lowest BCUT2D eigenvalue weighted by molar-refractivity contribution is -0.384. The van der Waals surface area contributed by atoms with Crippen LogP contribution in [0.2, 0.25) is 0 Å². The number of nitrogens with zero attached hydrogens (tertiary/aromatic N) is 2. The fraction of sp³-hybridized carbons (Fsp3) is 0.0909. The summed E-state index contributed by atoms with van der Waals surface area (Å²) in [7, 11) is 1.36. The first-order valence-corrected chi connectivity index (χ1v) is 6.34. The Hall–Kier alpha value is -2.17. The van der Waals surface area contributed by atoms with Crippen LogP contribution in [0, 0.1) is 13.7 Å². The third kappa shape index (κ3) is 2.87. The third-order valence-electron chi connectivity index (χ3n) is 2.33. The molecule has 1 heterocycles. The number of hydrogen-bond acceptors (Lipinski definition) is 6. The van der Waals surface area contributed by atoms with Crippen molar-refractivity contribution in [1.82, 2.24) is 9.97 Å². The SMILES string of the molecule is COc1cc([N+](=O)[O-])ccc1Oc1nc[nH]c(=O)c1I. The van der Waals surface area contributed by atoms with Crippen LogP contribution >= 0.6 is 22.6 Å². The first-order valence-electron chi connectivity index (χ1n) is 5.26. The van der Waals surface area contributed by atoms with Crippen LogP contribution in [0.5, 0.6) is 17.4 Å². The van der Waals surface area contributed by atoms with Gasteiger partial charge in [-0.1, -0.05) is 0 Å². The number of benzene rings is 1. The molecule has 104 valence electrons. The highest BCUT2D eigenvalue weighted by Crippen LogP contribution is 2.34. The minimum Gasteiger partial charge on any atom is -0.493 e. The lowest BCUT2D eigenvalue weighted by Crippen LogP contribution is -2.11. The maximum absolute atomic E-state index is 11.4. The Kier molecular flexibility index (Phi) is 4.17. The Morgan fingerprint density at radius 2 is 2.15 bits per heavy atom. The van der Waals surface area contributed by atoms with Crippen molar-refractivity contribution >= 4 is 28.3 Å². The second kappa shape index (κ2) is 5.86. The maximum atomic E-state index is 11.4. The molecule has 0 bridgehead atoms. The van der Waals surface area contributed by atoms with Gasteiger partial charge in [0.25, 0.3) is 11.2 Å². The summed E-state index contributed by atoms with van der Waals surface area (Å²) < 4.78 is 10.8. The predicted octanol–water partition coefficient (Wildman–Crippen LogP) is 2.08. The second-order valence-electron chi connectivity index (χ2n) is 3.55. The fourth-order valence-electron chi connectivity index (χ4n) is 1.40. The Bertz CT molecular complexity index is 715. The topological polar surface area (TPSA) is 107 Å². The summed E-state index contributed by atoms with van der Waals surface area (Å²) in [5, 5.41) is 10.7. The van der Waals surface area contributed by atoms with Gasteiger partial charge in [0.15, 0.2) is 11.5 Å². The van der Waals surface area contributed by atoms with E-state index >= 15 is 0 Å². The van der Waals surface area contributed by atoms with Crippen LogP contribution < -0.4 is 15.0 Å². The van der Waals surface area contributed by atoms with E-state index in [1.165, 1.54) is 31.6 Å².